The second-order valence-electron chi connectivity index (χ2n) is 4.29. The number of aromatic nitrogens is 4. The predicted octanol–water partition coefficient (Wildman–Crippen LogP) is 1.03. The van der Waals surface area contributed by atoms with E-state index in [1.54, 1.807) is 11.3 Å². The van der Waals surface area contributed by atoms with E-state index >= 15 is 0 Å². The first-order valence-electron chi connectivity index (χ1n) is 6.17. The lowest BCUT2D eigenvalue weighted by Gasteiger charge is -2.22. The molecule has 0 fully saturated rings. The Hall–Kier alpha value is -1.47. The topological polar surface area (TPSA) is 81.7 Å². The molecule has 0 saturated carbocycles. The summed E-state index contributed by atoms with van der Waals surface area (Å²) in [5.41, 5.74) is 5.52. The molecular weight excluding hydrogens is 248 g/mol. The lowest BCUT2D eigenvalue weighted by Crippen LogP contribution is -2.24. The Balaban J connectivity index is 1.88. The van der Waals surface area contributed by atoms with Gasteiger partial charge in [-0.1, -0.05) is 0 Å². The van der Waals surface area contributed by atoms with Gasteiger partial charge in [0.25, 0.3) is 0 Å². The van der Waals surface area contributed by atoms with E-state index in [2.05, 4.69) is 20.4 Å². The molecule has 2 aromatic heterocycles. The fraction of sp³-hybridized carbons (Fsp3) is 0.545. The van der Waals surface area contributed by atoms with Crippen LogP contribution in [0.3, 0.4) is 0 Å². The van der Waals surface area contributed by atoms with Gasteiger partial charge in [-0.05, 0) is 19.4 Å². The molecule has 3 N–H and O–H groups in total. The summed E-state index contributed by atoms with van der Waals surface area (Å²) < 4.78 is 1.97. The van der Waals surface area contributed by atoms with Crippen LogP contribution in [-0.4, -0.2) is 32.8 Å². The van der Waals surface area contributed by atoms with Gasteiger partial charge in [0.15, 0.2) is 5.82 Å². The van der Waals surface area contributed by atoms with E-state index in [4.69, 9.17) is 5.73 Å². The Morgan fingerprint density at radius 2 is 2.50 bits per heavy atom. The zero-order chi connectivity index (χ0) is 12.4. The second kappa shape index (κ2) is 5.03. The maximum Gasteiger partial charge on any atom is 0.222 e. The van der Waals surface area contributed by atoms with Crippen molar-refractivity contribution in [1.82, 2.24) is 19.7 Å². The molecule has 0 amide bonds. The number of nitrogens with zero attached hydrogens (tertiary/aromatic N) is 4. The van der Waals surface area contributed by atoms with Gasteiger partial charge in [-0.2, -0.15) is 10.1 Å². The van der Waals surface area contributed by atoms with Crippen LogP contribution in [0.2, 0.25) is 0 Å². The van der Waals surface area contributed by atoms with E-state index < -0.39 is 0 Å². The molecule has 2 aromatic rings. The van der Waals surface area contributed by atoms with Crippen LogP contribution in [-0.2, 0) is 6.42 Å². The first-order chi connectivity index (χ1) is 8.88. The highest BCUT2D eigenvalue weighted by Crippen LogP contribution is 2.29. The monoisotopic (exact) mass is 264 g/mol. The third kappa shape index (κ3) is 2.11. The number of hydrogen-bond acceptors (Lipinski definition) is 6. The lowest BCUT2D eigenvalue weighted by atomic mass is 10.2. The Bertz CT molecular complexity index is 506. The number of aryl methyl sites for hydroxylation is 1. The van der Waals surface area contributed by atoms with Gasteiger partial charge >= 0.3 is 0 Å². The molecule has 0 aliphatic carbocycles. The van der Waals surface area contributed by atoms with Crippen molar-refractivity contribution in [2.45, 2.75) is 25.3 Å². The normalized spacial score (nSPS) is 18.4. The highest BCUT2D eigenvalue weighted by Gasteiger charge is 2.25. The van der Waals surface area contributed by atoms with Crippen LogP contribution in [0.1, 0.15) is 29.7 Å². The number of nitrogens with one attached hydrogen (secondary N) is 1. The maximum absolute atomic E-state index is 5.52. The van der Waals surface area contributed by atoms with E-state index in [1.807, 2.05) is 16.3 Å². The third-order valence-corrected chi connectivity index (χ3v) is 3.89. The molecule has 1 aliphatic rings. The Labute approximate surface area is 109 Å². The molecule has 6 nitrogen and oxygen atoms in total. The lowest BCUT2D eigenvalue weighted by molar-refractivity contribution is 0.475. The van der Waals surface area contributed by atoms with E-state index in [0.717, 1.165) is 42.6 Å². The summed E-state index contributed by atoms with van der Waals surface area (Å²) in [6.07, 6.45) is 4.60. The molecule has 0 bridgehead atoms. The van der Waals surface area contributed by atoms with Gasteiger partial charge in [-0.3, -0.25) is 0 Å². The number of nitrogens with two attached hydrogens (primary N) is 1. The average Bonchev–Trinajstić information content (AvgIpc) is 3.04. The summed E-state index contributed by atoms with van der Waals surface area (Å²) in [4.78, 5) is 8.90. The van der Waals surface area contributed by atoms with Gasteiger partial charge in [0.05, 0.1) is 0 Å². The zero-order valence-electron chi connectivity index (χ0n) is 10.0. The quantitative estimate of drug-likeness (QED) is 0.862. The third-order valence-electron chi connectivity index (χ3n) is 3.01. The minimum atomic E-state index is 0.223. The molecular formula is C11H16N6S. The van der Waals surface area contributed by atoms with Crippen LogP contribution < -0.4 is 11.1 Å². The molecule has 0 saturated heterocycles. The number of hydrogen-bond donors (Lipinski definition) is 2. The first-order valence-corrected chi connectivity index (χ1v) is 7.05. The maximum atomic E-state index is 5.52. The minimum Gasteiger partial charge on any atom is -0.354 e. The molecule has 7 heteroatoms. The summed E-state index contributed by atoms with van der Waals surface area (Å²) in [7, 11) is 0. The zero-order valence-corrected chi connectivity index (χ0v) is 10.9. The Morgan fingerprint density at radius 1 is 1.56 bits per heavy atom. The summed E-state index contributed by atoms with van der Waals surface area (Å²) in [6, 6.07) is 0.223. The molecule has 1 unspecified atom stereocenters. The number of thiazole rings is 1. The summed E-state index contributed by atoms with van der Waals surface area (Å²) >= 11 is 1.67. The van der Waals surface area contributed by atoms with E-state index in [1.165, 1.54) is 0 Å². The Morgan fingerprint density at radius 3 is 3.28 bits per heavy atom. The van der Waals surface area contributed by atoms with Gasteiger partial charge in [-0.25, -0.2) is 9.67 Å². The van der Waals surface area contributed by atoms with Crippen molar-refractivity contribution in [3.8, 4) is 0 Å². The second-order valence-corrected chi connectivity index (χ2v) is 5.22. The van der Waals surface area contributed by atoms with Crippen molar-refractivity contribution in [2.24, 2.45) is 5.73 Å². The van der Waals surface area contributed by atoms with E-state index in [0.29, 0.717) is 6.54 Å². The van der Waals surface area contributed by atoms with Crippen molar-refractivity contribution in [2.75, 3.05) is 18.4 Å². The van der Waals surface area contributed by atoms with Crippen LogP contribution in [0.25, 0.3) is 0 Å². The SMILES string of the molecule is NCCCc1nc2n(n1)C(c1nccs1)CCN2. The fourth-order valence-electron chi connectivity index (χ4n) is 2.14. The van der Waals surface area contributed by atoms with Gasteiger partial charge in [0.2, 0.25) is 5.95 Å². The summed E-state index contributed by atoms with van der Waals surface area (Å²) in [5.74, 6) is 1.72. The predicted molar refractivity (Wildman–Crippen MR) is 70.8 cm³/mol. The smallest absolute Gasteiger partial charge is 0.222 e. The van der Waals surface area contributed by atoms with Gasteiger partial charge in [-0.15, -0.1) is 11.3 Å². The summed E-state index contributed by atoms with van der Waals surface area (Å²) in [6.45, 7) is 1.59. The van der Waals surface area contributed by atoms with Crippen LogP contribution in [0.4, 0.5) is 5.95 Å². The number of rotatable bonds is 4. The average molecular weight is 264 g/mol. The van der Waals surface area contributed by atoms with Crippen molar-refractivity contribution < 1.29 is 0 Å². The standard InChI is InChI=1S/C11H16N6S/c12-4-1-2-9-15-11-14-5-3-8(17(11)16-9)10-13-6-7-18-10/h6-8H,1-5,12H2,(H,14,15,16). The Kier molecular flexibility index (Phi) is 3.24. The van der Waals surface area contributed by atoms with E-state index in [-0.39, 0.29) is 6.04 Å². The molecule has 96 valence electrons. The molecule has 3 rings (SSSR count). The largest absolute Gasteiger partial charge is 0.354 e. The minimum absolute atomic E-state index is 0.223. The molecule has 1 atom stereocenters. The molecule has 1 aliphatic heterocycles. The molecule has 0 aromatic carbocycles. The number of anilines is 1. The number of fused-ring (bicyclic) bond motifs is 1. The van der Waals surface area contributed by atoms with Crippen molar-refractivity contribution in [1.29, 1.82) is 0 Å². The first kappa shape index (κ1) is 11.6. The van der Waals surface area contributed by atoms with Gasteiger partial charge < -0.3 is 11.1 Å². The fourth-order valence-corrected chi connectivity index (χ4v) is 2.90. The molecule has 18 heavy (non-hydrogen) atoms. The van der Waals surface area contributed by atoms with Crippen molar-refractivity contribution in [3.63, 3.8) is 0 Å². The van der Waals surface area contributed by atoms with Gasteiger partial charge in [0, 0.05) is 24.5 Å². The van der Waals surface area contributed by atoms with Crippen LogP contribution in [0.5, 0.6) is 0 Å². The van der Waals surface area contributed by atoms with Crippen LogP contribution in [0.15, 0.2) is 11.6 Å². The van der Waals surface area contributed by atoms with Crippen molar-refractivity contribution >= 4 is 17.3 Å². The molecule has 0 spiro atoms. The van der Waals surface area contributed by atoms with E-state index in [9.17, 15) is 0 Å². The highest BCUT2D eigenvalue weighted by molar-refractivity contribution is 7.09. The van der Waals surface area contributed by atoms with Crippen LogP contribution >= 0.6 is 11.3 Å². The van der Waals surface area contributed by atoms with Gasteiger partial charge in [0.1, 0.15) is 11.0 Å². The van der Waals surface area contributed by atoms with Crippen LogP contribution in [0, 0.1) is 0 Å². The molecule has 3 heterocycles. The highest BCUT2D eigenvalue weighted by atomic mass is 32.1. The molecule has 0 radical (unpaired) electrons. The van der Waals surface area contributed by atoms with Crippen molar-refractivity contribution in [3.05, 3.63) is 22.4 Å². The summed E-state index contributed by atoms with van der Waals surface area (Å²) in [5, 5.41) is 11.0.